The smallest absolute Gasteiger partial charge is 0.225 e. The molecule has 4 heterocycles. The van der Waals surface area contributed by atoms with Crippen molar-refractivity contribution in [3.63, 3.8) is 0 Å². The molecule has 7 heteroatoms. The van der Waals surface area contributed by atoms with Crippen LogP contribution in [0.25, 0.3) is 0 Å². The van der Waals surface area contributed by atoms with Crippen molar-refractivity contribution < 1.29 is 9.47 Å². The van der Waals surface area contributed by atoms with Crippen molar-refractivity contribution in [3.8, 4) is 0 Å². The number of nitrogens with zero attached hydrogens (tertiary/aromatic N) is 4. The molecule has 0 aliphatic carbocycles. The Morgan fingerprint density at radius 3 is 2.88 bits per heavy atom. The Hall–Kier alpha value is -1.54. The van der Waals surface area contributed by atoms with Gasteiger partial charge in [0.05, 0.1) is 26.4 Å². The van der Waals surface area contributed by atoms with Crippen LogP contribution in [-0.2, 0) is 16.0 Å². The summed E-state index contributed by atoms with van der Waals surface area (Å²) in [5.41, 5.74) is -0.314. The zero-order chi connectivity index (χ0) is 16.2. The molecule has 0 aromatic carbocycles. The van der Waals surface area contributed by atoms with Crippen LogP contribution in [0.5, 0.6) is 0 Å². The number of hydrogen-bond donors (Lipinski definition) is 0. The first kappa shape index (κ1) is 16.0. The lowest BCUT2D eigenvalue weighted by molar-refractivity contribution is -0.134. The average Bonchev–Trinajstić information content (AvgIpc) is 3.03. The van der Waals surface area contributed by atoms with E-state index in [0.29, 0.717) is 13.2 Å². The van der Waals surface area contributed by atoms with Gasteiger partial charge in [-0.2, -0.15) is 0 Å². The molecule has 2 fully saturated rings. The quantitative estimate of drug-likeness (QED) is 0.842. The van der Waals surface area contributed by atoms with Gasteiger partial charge in [0.15, 0.2) is 0 Å². The van der Waals surface area contributed by atoms with Gasteiger partial charge in [-0.15, -0.1) is 11.3 Å². The standard InChI is InChI=1S/C17H22N4O2S/c1-3-15(24-10-1)11-20-6-9-23-17(12-20)13-21(7-8-22-14-17)16-18-4-2-5-19-16/h1-5,10H,6-9,11-14H2. The lowest BCUT2D eigenvalue weighted by atomic mass is 10.0. The van der Waals surface area contributed by atoms with Crippen LogP contribution in [-0.4, -0.2) is 66.5 Å². The molecule has 24 heavy (non-hydrogen) atoms. The van der Waals surface area contributed by atoms with Gasteiger partial charge >= 0.3 is 0 Å². The maximum absolute atomic E-state index is 6.23. The minimum absolute atomic E-state index is 0.314. The zero-order valence-electron chi connectivity index (χ0n) is 13.6. The first-order valence-electron chi connectivity index (χ1n) is 8.31. The van der Waals surface area contributed by atoms with Gasteiger partial charge in [0.2, 0.25) is 5.95 Å². The fourth-order valence-electron chi connectivity index (χ4n) is 3.39. The number of rotatable bonds is 3. The summed E-state index contributed by atoms with van der Waals surface area (Å²) in [7, 11) is 0. The van der Waals surface area contributed by atoms with E-state index < -0.39 is 0 Å². The van der Waals surface area contributed by atoms with Gasteiger partial charge < -0.3 is 14.4 Å². The SMILES string of the molecule is c1cnc(N2CCOCC3(CN(Cc4cccs4)CCO3)C2)nc1. The number of thiophene rings is 1. The summed E-state index contributed by atoms with van der Waals surface area (Å²) in [6.07, 6.45) is 3.57. The first-order valence-corrected chi connectivity index (χ1v) is 9.19. The molecular weight excluding hydrogens is 324 g/mol. The Morgan fingerprint density at radius 1 is 1.12 bits per heavy atom. The minimum Gasteiger partial charge on any atom is -0.376 e. The van der Waals surface area contributed by atoms with E-state index >= 15 is 0 Å². The predicted molar refractivity (Wildman–Crippen MR) is 93.3 cm³/mol. The van der Waals surface area contributed by atoms with Crippen LogP contribution in [0.3, 0.4) is 0 Å². The van der Waals surface area contributed by atoms with E-state index in [1.165, 1.54) is 4.88 Å². The Labute approximate surface area is 146 Å². The lowest BCUT2D eigenvalue weighted by Gasteiger charge is -2.43. The molecule has 2 saturated heterocycles. The number of morpholine rings is 1. The lowest BCUT2D eigenvalue weighted by Crippen LogP contribution is -2.58. The Morgan fingerprint density at radius 2 is 2.04 bits per heavy atom. The van der Waals surface area contributed by atoms with E-state index in [-0.39, 0.29) is 5.60 Å². The van der Waals surface area contributed by atoms with Gasteiger partial charge in [-0.05, 0) is 17.5 Å². The maximum Gasteiger partial charge on any atom is 0.225 e. The molecule has 0 amide bonds. The number of aromatic nitrogens is 2. The molecule has 2 aromatic rings. The Balaban J connectivity index is 1.49. The summed E-state index contributed by atoms with van der Waals surface area (Å²) in [6, 6.07) is 6.15. The summed E-state index contributed by atoms with van der Waals surface area (Å²) in [4.78, 5) is 14.8. The minimum atomic E-state index is -0.314. The molecule has 1 spiro atoms. The second-order valence-corrected chi connectivity index (χ2v) is 7.38. The van der Waals surface area contributed by atoms with E-state index in [4.69, 9.17) is 9.47 Å². The van der Waals surface area contributed by atoms with Gasteiger partial charge in [0.1, 0.15) is 5.60 Å². The summed E-state index contributed by atoms with van der Waals surface area (Å²) in [5, 5.41) is 2.13. The molecule has 4 rings (SSSR count). The number of hydrogen-bond acceptors (Lipinski definition) is 7. The molecular formula is C17H22N4O2S. The van der Waals surface area contributed by atoms with Crippen LogP contribution in [0.2, 0.25) is 0 Å². The third-order valence-corrected chi connectivity index (χ3v) is 5.33. The average molecular weight is 346 g/mol. The first-order chi connectivity index (χ1) is 11.8. The summed E-state index contributed by atoms with van der Waals surface area (Å²) in [5.74, 6) is 0.751. The van der Waals surface area contributed by atoms with Crippen molar-refractivity contribution in [1.82, 2.24) is 14.9 Å². The molecule has 2 aliphatic rings. The highest BCUT2D eigenvalue weighted by molar-refractivity contribution is 7.09. The van der Waals surface area contributed by atoms with Gasteiger partial charge in [0, 0.05) is 43.4 Å². The van der Waals surface area contributed by atoms with Crippen molar-refractivity contribution in [2.75, 3.05) is 50.9 Å². The van der Waals surface area contributed by atoms with Crippen molar-refractivity contribution >= 4 is 17.3 Å². The maximum atomic E-state index is 6.23. The van der Waals surface area contributed by atoms with Gasteiger partial charge in [0.25, 0.3) is 0 Å². The van der Waals surface area contributed by atoms with E-state index in [0.717, 1.165) is 45.3 Å². The summed E-state index contributed by atoms with van der Waals surface area (Å²) >= 11 is 1.81. The van der Waals surface area contributed by atoms with E-state index in [1.54, 1.807) is 12.4 Å². The monoisotopic (exact) mass is 346 g/mol. The second-order valence-electron chi connectivity index (χ2n) is 6.34. The number of ether oxygens (including phenoxy) is 2. The third-order valence-electron chi connectivity index (χ3n) is 4.47. The summed E-state index contributed by atoms with van der Waals surface area (Å²) < 4.78 is 12.1. The highest BCUT2D eigenvalue weighted by Crippen LogP contribution is 2.26. The predicted octanol–water partition coefficient (Wildman–Crippen LogP) is 1.65. The van der Waals surface area contributed by atoms with E-state index in [2.05, 4.69) is 37.3 Å². The Kier molecular flexibility index (Phi) is 4.75. The topological polar surface area (TPSA) is 50.7 Å². The zero-order valence-corrected chi connectivity index (χ0v) is 14.5. The molecule has 128 valence electrons. The largest absolute Gasteiger partial charge is 0.376 e. The van der Waals surface area contributed by atoms with Crippen LogP contribution in [0, 0.1) is 0 Å². The fourth-order valence-corrected chi connectivity index (χ4v) is 4.14. The van der Waals surface area contributed by atoms with Crippen LogP contribution < -0.4 is 4.90 Å². The van der Waals surface area contributed by atoms with Crippen LogP contribution in [0.4, 0.5) is 5.95 Å². The molecule has 2 aromatic heterocycles. The molecule has 1 atom stereocenters. The fraction of sp³-hybridized carbons (Fsp3) is 0.529. The normalized spacial score (nSPS) is 25.8. The van der Waals surface area contributed by atoms with Crippen molar-refractivity contribution in [2.45, 2.75) is 12.1 Å². The summed E-state index contributed by atoms with van der Waals surface area (Å²) in [6.45, 7) is 6.39. The molecule has 1 unspecified atom stereocenters. The van der Waals surface area contributed by atoms with Crippen molar-refractivity contribution in [3.05, 3.63) is 40.8 Å². The van der Waals surface area contributed by atoms with Gasteiger partial charge in [-0.3, -0.25) is 4.90 Å². The van der Waals surface area contributed by atoms with Crippen LogP contribution in [0.15, 0.2) is 36.0 Å². The highest BCUT2D eigenvalue weighted by atomic mass is 32.1. The number of anilines is 1. The van der Waals surface area contributed by atoms with Crippen molar-refractivity contribution in [1.29, 1.82) is 0 Å². The van der Waals surface area contributed by atoms with Crippen LogP contribution >= 0.6 is 11.3 Å². The second kappa shape index (κ2) is 7.14. The van der Waals surface area contributed by atoms with Gasteiger partial charge in [-0.1, -0.05) is 6.07 Å². The van der Waals surface area contributed by atoms with E-state index in [1.807, 2.05) is 17.4 Å². The molecule has 0 bridgehead atoms. The van der Waals surface area contributed by atoms with Gasteiger partial charge in [-0.25, -0.2) is 9.97 Å². The molecule has 0 radical (unpaired) electrons. The molecule has 6 nitrogen and oxygen atoms in total. The molecule has 0 saturated carbocycles. The molecule has 2 aliphatic heterocycles. The third kappa shape index (κ3) is 3.59. The Bertz CT molecular complexity index is 639. The highest BCUT2D eigenvalue weighted by Gasteiger charge is 2.40. The van der Waals surface area contributed by atoms with Crippen LogP contribution in [0.1, 0.15) is 4.88 Å². The van der Waals surface area contributed by atoms with E-state index in [9.17, 15) is 0 Å². The van der Waals surface area contributed by atoms with Crippen molar-refractivity contribution in [2.24, 2.45) is 0 Å². The molecule has 0 N–H and O–H groups in total.